The maximum absolute atomic E-state index is 14.4. The van der Waals surface area contributed by atoms with E-state index in [1.54, 1.807) is 17.0 Å². The predicted molar refractivity (Wildman–Crippen MR) is 116 cm³/mol. The van der Waals surface area contributed by atoms with Gasteiger partial charge in [0.1, 0.15) is 17.4 Å². The van der Waals surface area contributed by atoms with E-state index in [0.29, 0.717) is 23.8 Å². The molecule has 1 aliphatic heterocycles. The van der Waals surface area contributed by atoms with E-state index in [0.717, 1.165) is 19.3 Å². The highest BCUT2D eigenvalue weighted by Crippen LogP contribution is 2.31. The zero-order chi connectivity index (χ0) is 22.5. The average Bonchev–Trinajstić information content (AvgIpc) is 3.29. The number of nitrogens with zero attached hydrogens (tertiary/aromatic N) is 3. The summed E-state index contributed by atoms with van der Waals surface area (Å²) in [5.74, 6) is 0.395. The molecule has 8 nitrogen and oxygen atoms in total. The molecule has 2 heterocycles. The minimum Gasteiger partial charge on any atom is -0.484 e. The summed E-state index contributed by atoms with van der Waals surface area (Å²) in [5.41, 5.74) is 0.618. The Morgan fingerprint density at radius 2 is 2.03 bits per heavy atom. The molecule has 3 aromatic rings. The standard InChI is InChI=1S/C23H24FN5O3/c1-15(30)25-16-10-11-19(24)18(13-16)22-26-23(28-27-22)20-9-5-6-12-29(20)21(31)14-32-17-7-3-2-4-8-17/h2-4,7-8,10-11,13,20H,5-6,9,12,14H2,1H3,(H,25,30)(H,26,27,28)/t20-/m1/s1. The van der Waals surface area contributed by atoms with Gasteiger partial charge in [0.15, 0.2) is 12.4 Å². The number of nitrogens with one attached hydrogen (secondary N) is 2. The van der Waals surface area contributed by atoms with E-state index < -0.39 is 5.82 Å². The summed E-state index contributed by atoms with van der Waals surface area (Å²) in [4.78, 5) is 30.4. The van der Waals surface area contributed by atoms with Crippen molar-refractivity contribution in [3.63, 3.8) is 0 Å². The monoisotopic (exact) mass is 437 g/mol. The molecule has 4 rings (SSSR count). The minimum absolute atomic E-state index is 0.0745. The Labute approximate surface area is 184 Å². The van der Waals surface area contributed by atoms with Crippen LogP contribution in [0, 0.1) is 5.82 Å². The molecule has 2 amide bonds. The van der Waals surface area contributed by atoms with Gasteiger partial charge in [0, 0.05) is 19.2 Å². The molecule has 166 valence electrons. The van der Waals surface area contributed by atoms with Gasteiger partial charge in [-0.3, -0.25) is 14.7 Å². The van der Waals surface area contributed by atoms with E-state index >= 15 is 0 Å². The SMILES string of the molecule is CC(=O)Nc1ccc(F)c(-c2n[nH]c([C@H]3CCCCN3C(=O)COc3ccccc3)n2)c1. The molecule has 0 saturated carbocycles. The summed E-state index contributed by atoms with van der Waals surface area (Å²) in [6.07, 6.45) is 2.55. The summed E-state index contributed by atoms with van der Waals surface area (Å²) in [6, 6.07) is 13.1. The van der Waals surface area contributed by atoms with Crippen molar-refractivity contribution in [1.82, 2.24) is 20.1 Å². The number of anilines is 1. The van der Waals surface area contributed by atoms with E-state index in [-0.39, 0.29) is 35.9 Å². The summed E-state index contributed by atoms with van der Waals surface area (Å²) in [7, 11) is 0. The number of carbonyl (C=O) groups is 2. The van der Waals surface area contributed by atoms with Crippen LogP contribution in [0.4, 0.5) is 10.1 Å². The number of H-pyrrole nitrogens is 1. The van der Waals surface area contributed by atoms with Gasteiger partial charge in [0.2, 0.25) is 5.91 Å². The number of hydrogen-bond donors (Lipinski definition) is 2. The second-order valence-corrected chi connectivity index (χ2v) is 7.62. The lowest BCUT2D eigenvalue weighted by Crippen LogP contribution is -2.41. The Hall–Kier alpha value is -3.75. The first kappa shape index (κ1) is 21.5. The first-order chi connectivity index (χ1) is 15.5. The van der Waals surface area contributed by atoms with Crippen molar-refractivity contribution >= 4 is 17.5 Å². The Kier molecular flexibility index (Phi) is 6.44. The van der Waals surface area contributed by atoms with E-state index in [1.807, 2.05) is 18.2 Å². The fourth-order valence-electron chi connectivity index (χ4n) is 3.78. The fraction of sp³-hybridized carbons (Fsp3) is 0.304. The first-order valence-electron chi connectivity index (χ1n) is 10.5. The van der Waals surface area contributed by atoms with Gasteiger partial charge in [0.25, 0.3) is 5.91 Å². The van der Waals surface area contributed by atoms with Crippen LogP contribution < -0.4 is 10.1 Å². The van der Waals surface area contributed by atoms with Crippen LogP contribution in [0.1, 0.15) is 38.1 Å². The van der Waals surface area contributed by atoms with Crippen molar-refractivity contribution in [2.24, 2.45) is 0 Å². The van der Waals surface area contributed by atoms with E-state index in [2.05, 4.69) is 20.5 Å². The largest absolute Gasteiger partial charge is 0.484 e. The number of benzene rings is 2. The number of piperidine rings is 1. The molecule has 2 N–H and O–H groups in total. The molecule has 9 heteroatoms. The van der Waals surface area contributed by atoms with Crippen LogP contribution in [0.25, 0.3) is 11.4 Å². The quantitative estimate of drug-likeness (QED) is 0.613. The third-order valence-electron chi connectivity index (χ3n) is 5.27. The highest BCUT2D eigenvalue weighted by molar-refractivity contribution is 5.89. The molecule has 1 aliphatic rings. The molecule has 2 aromatic carbocycles. The molecule has 1 aromatic heterocycles. The molecular formula is C23H24FN5O3. The lowest BCUT2D eigenvalue weighted by molar-refractivity contribution is -0.137. The van der Waals surface area contributed by atoms with Crippen LogP contribution in [0.3, 0.4) is 0 Å². The number of para-hydroxylation sites is 1. The Balaban J connectivity index is 1.51. The average molecular weight is 437 g/mol. The summed E-state index contributed by atoms with van der Waals surface area (Å²) in [5, 5.41) is 9.67. The van der Waals surface area contributed by atoms with E-state index in [1.165, 1.54) is 25.1 Å². The second kappa shape index (κ2) is 9.59. The molecule has 1 atom stereocenters. The Morgan fingerprint density at radius 1 is 1.22 bits per heavy atom. The normalized spacial score (nSPS) is 15.9. The van der Waals surface area contributed by atoms with Gasteiger partial charge in [-0.15, -0.1) is 0 Å². The zero-order valence-corrected chi connectivity index (χ0v) is 17.7. The maximum atomic E-state index is 14.4. The van der Waals surface area contributed by atoms with Gasteiger partial charge >= 0.3 is 0 Å². The molecule has 1 saturated heterocycles. The highest BCUT2D eigenvalue weighted by atomic mass is 19.1. The van der Waals surface area contributed by atoms with Gasteiger partial charge in [-0.25, -0.2) is 9.37 Å². The van der Waals surface area contributed by atoms with E-state index in [9.17, 15) is 14.0 Å². The smallest absolute Gasteiger partial charge is 0.261 e. The minimum atomic E-state index is -0.502. The zero-order valence-electron chi connectivity index (χ0n) is 17.7. The number of halogens is 1. The summed E-state index contributed by atoms with van der Waals surface area (Å²) in [6.45, 7) is 1.89. The van der Waals surface area contributed by atoms with Gasteiger partial charge < -0.3 is 15.0 Å². The van der Waals surface area contributed by atoms with Crippen molar-refractivity contribution in [2.45, 2.75) is 32.2 Å². The van der Waals surface area contributed by atoms with Crippen molar-refractivity contribution in [3.8, 4) is 17.1 Å². The molecule has 0 unspecified atom stereocenters. The Morgan fingerprint density at radius 3 is 2.81 bits per heavy atom. The lowest BCUT2D eigenvalue weighted by Gasteiger charge is -2.34. The topological polar surface area (TPSA) is 100 Å². The molecule has 32 heavy (non-hydrogen) atoms. The third kappa shape index (κ3) is 4.93. The number of hydrogen-bond acceptors (Lipinski definition) is 5. The molecule has 0 radical (unpaired) electrons. The van der Waals surface area contributed by atoms with Crippen molar-refractivity contribution in [1.29, 1.82) is 0 Å². The van der Waals surface area contributed by atoms with Crippen molar-refractivity contribution in [3.05, 3.63) is 60.2 Å². The molecule has 0 spiro atoms. The van der Waals surface area contributed by atoms with Crippen LogP contribution >= 0.6 is 0 Å². The number of ether oxygens (including phenoxy) is 1. The number of rotatable bonds is 6. The van der Waals surface area contributed by atoms with Crippen LogP contribution in [-0.2, 0) is 9.59 Å². The van der Waals surface area contributed by atoms with Crippen LogP contribution in [0.5, 0.6) is 5.75 Å². The number of amides is 2. The van der Waals surface area contributed by atoms with Gasteiger partial charge in [-0.05, 0) is 49.6 Å². The van der Waals surface area contributed by atoms with Crippen LogP contribution in [0.15, 0.2) is 48.5 Å². The third-order valence-corrected chi connectivity index (χ3v) is 5.27. The number of likely N-dealkylation sites (tertiary alicyclic amines) is 1. The Bertz CT molecular complexity index is 1100. The van der Waals surface area contributed by atoms with Crippen molar-refractivity contribution < 1.29 is 18.7 Å². The summed E-state index contributed by atoms with van der Waals surface area (Å²) >= 11 is 0. The molecule has 0 bridgehead atoms. The van der Waals surface area contributed by atoms with Crippen LogP contribution in [0.2, 0.25) is 0 Å². The first-order valence-corrected chi connectivity index (χ1v) is 10.5. The van der Waals surface area contributed by atoms with Gasteiger partial charge in [0.05, 0.1) is 11.6 Å². The number of carbonyl (C=O) groups excluding carboxylic acids is 2. The lowest BCUT2D eigenvalue weighted by atomic mass is 10.0. The number of aromatic nitrogens is 3. The van der Waals surface area contributed by atoms with Gasteiger partial charge in [-0.2, -0.15) is 5.10 Å². The molecular weight excluding hydrogens is 413 g/mol. The molecule has 0 aliphatic carbocycles. The van der Waals surface area contributed by atoms with Crippen LogP contribution in [-0.4, -0.2) is 45.0 Å². The predicted octanol–water partition coefficient (Wildman–Crippen LogP) is 3.70. The number of aromatic amines is 1. The highest BCUT2D eigenvalue weighted by Gasteiger charge is 2.31. The van der Waals surface area contributed by atoms with Gasteiger partial charge in [-0.1, -0.05) is 18.2 Å². The van der Waals surface area contributed by atoms with Crippen molar-refractivity contribution in [2.75, 3.05) is 18.5 Å². The second-order valence-electron chi connectivity index (χ2n) is 7.62. The maximum Gasteiger partial charge on any atom is 0.261 e. The molecule has 1 fully saturated rings. The fourth-order valence-corrected chi connectivity index (χ4v) is 3.78. The summed E-state index contributed by atoms with van der Waals surface area (Å²) < 4.78 is 20.0. The van der Waals surface area contributed by atoms with E-state index in [4.69, 9.17) is 4.74 Å².